The summed E-state index contributed by atoms with van der Waals surface area (Å²) in [5.74, 6) is -0.833. The number of hydrogen-bond acceptors (Lipinski definition) is 4. The van der Waals surface area contributed by atoms with Crippen LogP contribution in [0, 0.1) is 0 Å². The Morgan fingerprint density at radius 1 is 0.850 bits per heavy atom. The van der Waals surface area contributed by atoms with Crippen LogP contribution in [0.2, 0.25) is 0 Å². The average molecular weight is 327 g/mol. The van der Waals surface area contributed by atoms with E-state index in [2.05, 4.69) is 20.8 Å². The van der Waals surface area contributed by atoms with Crippen LogP contribution in [0.15, 0.2) is 0 Å². The van der Waals surface area contributed by atoms with Crippen LogP contribution >= 0.6 is 0 Å². The number of rotatable bonds is 12. The zero-order chi connectivity index (χ0) is 15.6. The molecule has 0 radical (unpaired) electrons. The van der Waals surface area contributed by atoms with Crippen molar-refractivity contribution < 1.29 is 38.9 Å². The normalized spacial score (nSPS) is 9.80. The molecular formula is C14H31O5Ti. The van der Waals surface area contributed by atoms with Gasteiger partial charge in [0.25, 0.3) is 5.97 Å². The van der Waals surface area contributed by atoms with E-state index in [1.54, 1.807) is 0 Å². The number of unbranched alkanes of at least 4 members (excludes halogenated alkanes) is 3. The van der Waals surface area contributed by atoms with Crippen molar-refractivity contribution in [2.75, 3.05) is 19.8 Å². The Hall–Kier alpha value is 0.0643. The van der Waals surface area contributed by atoms with Crippen molar-refractivity contribution in [1.29, 1.82) is 0 Å². The van der Waals surface area contributed by atoms with E-state index in [1.807, 2.05) is 0 Å². The van der Waals surface area contributed by atoms with Gasteiger partial charge in [-0.3, -0.25) is 4.79 Å². The van der Waals surface area contributed by atoms with Crippen molar-refractivity contribution in [2.45, 2.75) is 66.2 Å². The van der Waals surface area contributed by atoms with Crippen molar-refractivity contribution in [3.8, 4) is 0 Å². The Balaban J connectivity index is 0. The summed E-state index contributed by atoms with van der Waals surface area (Å²) >= 11 is -2.10. The molecule has 0 aromatic rings. The summed E-state index contributed by atoms with van der Waals surface area (Å²) < 4.78 is 17.1. The first-order valence-corrected chi connectivity index (χ1v) is 9.44. The predicted molar refractivity (Wildman–Crippen MR) is 75.9 cm³/mol. The van der Waals surface area contributed by atoms with E-state index in [0.29, 0.717) is 0 Å². The Morgan fingerprint density at radius 2 is 1.10 bits per heavy atom. The topological polar surface area (TPSA) is 65.0 Å². The van der Waals surface area contributed by atoms with Gasteiger partial charge in [-0.15, -0.1) is 0 Å². The summed E-state index contributed by atoms with van der Waals surface area (Å²) in [5.41, 5.74) is 0. The third-order valence-corrected chi connectivity index (χ3v) is 4.21. The van der Waals surface area contributed by atoms with Gasteiger partial charge in [0.2, 0.25) is 0 Å². The number of carboxylic acid groups (broad SMARTS) is 1. The first-order chi connectivity index (χ1) is 9.58. The predicted octanol–water partition coefficient (Wildman–Crippen LogP) is 3.89. The van der Waals surface area contributed by atoms with Gasteiger partial charge in [-0.25, -0.2) is 0 Å². The van der Waals surface area contributed by atoms with E-state index < -0.39 is 25.0 Å². The van der Waals surface area contributed by atoms with Crippen molar-refractivity contribution >= 4 is 5.97 Å². The van der Waals surface area contributed by atoms with Crippen LogP contribution in [-0.2, 0) is 33.8 Å². The summed E-state index contributed by atoms with van der Waals surface area (Å²) in [6, 6.07) is 0. The van der Waals surface area contributed by atoms with E-state index in [-0.39, 0.29) is 0 Å². The second kappa shape index (κ2) is 19.1. The van der Waals surface area contributed by atoms with E-state index in [4.69, 9.17) is 19.9 Å². The second-order valence-electron chi connectivity index (χ2n) is 4.38. The molecule has 0 fully saturated rings. The monoisotopic (exact) mass is 327 g/mol. The molecule has 0 aliphatic carbocycles. The van der Waals surface area contributed by atoms with Gasteiger partial charge in [-0.2, -0.15) is 0 Å². The number of aliphatic carboxylic acids is 1. The molecule has 0 bridgehead atoms. The average Bonchev–Trinajstić information content (AvgIpc) is 2.38. The zero-order valence-electron chi connectivity index (χ0n) is 13.4. The fourth-order valence-corrected chi connectivity index (χ4v) is 2.87. The van der Waals surface area contributed by atoms with Crippen LogP contribution in [0.3, 0.4) is 0 Å². The Labute approximate surface area is 131 Å². The van der Waals surface area contributed by atoms with Gasteiger partial charge in [-0.05, 0) is 0 Å². The first-order valence-electron chi connectivity index (χ1n) is 7.53. The molecule has 5 nitrogen and oxygen atoms in total. The summed E-state index contributed by atoms with van der Waals surface area (Å²) in [5, 5.41) is 7.42. The van der Waals surface area contributed by atoms with Crippen LogP contribution in [0.1, 0.15) is 66.2 Å². The van der Waals surface area contributed by atoms with E-state index in [9.17, 15) is 0 Å². The molecule has 1 N–H and O–H groups in total. The zero-order valence-corrected chi connectivity index (χ0v) is 15.0. The summed E-state index contributed by atoms with van der Waals surface area (Å²) in [7, 11) is 0. The molecule has 0 amide bonds. The molecular weight excluding hydrogens is 296 g/mol. The fraction of sp³-hybridized carbons (Fsp3) is 0.929. The maximum absolute atomic E-state index is 9.00. The molecule has 0 atom stereocenters. The summed E-state index contributed by atoms with van der Waals surface area (Å²) in [4.78, 5) is 9.00. The molecule has 0 spiro atoms. The third kappa shape index (κ3) is 23.2. The molecule has 0 rings (SSSR count). The van der Waals surface area contributed by atoms with Gasteiger partial charge >= 0.3 is 108 Å². The summed E-state index contributed by atoms with van der Waals surface area (Å²) in [6.07, 6.45) is 6.79. The van der Waals surface area contributed by atoms with Crippen LogP contribution in [-0.4, -0.2) is 30.9 Å². The van der Waals surface area contributed by atoms with Crippen molar-refractivity contribution in [2.24, 2.45) is 0 Å². The minimum absolute atomic E-state index is 0.796. The van der Waals surface area contributed by atoms with Gasteiger partial charge in [0.05, 0.1) is 0 Å². The maximum atomic E-state index is 9.00. The number of carbonyl (C=O) groups is 1. The molecule has 0 unspecified atom stereocenters. The molecule has 121 valence electrons. The summed E-state index contributed by atoms with van der Waals surface area (Å²) in [6.45, 7) is 9.97. The van der Waals surface area contributed by atoms with E-state index in [1.165, 1.54) is 0 Å². The second-order valence-corrected chi connectivity index (χ2v) is 6.51. The van der Waals surface area contributed by atoms with Gasteiger partial charge < -0.3 is 5.11 Å². The molecule has 0 aromatic heterocycles. The van der Waals surface area contributed by atoms with Gasteiger partial charge in [-0.1, -0.05) is 0 Å². The van der Waals surface area contributed by atoms with Crippen LogP contribution in [0.5, 0.6) is 0 Å². The number of hydrogen-bond donors (Lipinski definition) is 1. The van der Waals surface area contributed by atoms with Crippen molar-refractivity contribution in [1.82, 2.24) is 0 Å². The SMILES string of the molecule is CC(=O)O.CCCC[O][Ti]([O]CCCC)[O]CCCC. The van der Waals surface area contributed by atoms with E-state index >= 15 is 0 Å². The van der Waals surface area contributed by atoms with Gasteiger partial charge in [0, 0.05) is 6.92 Å². The van der Waals surface area contributed by atoms with Crippen molar-refractivity contribution in [3.05, 3.63) is 0 Å². The third-order valence-electron chi connectivity index (χ3n) is 2.15. The molecule has 0 aliphatic rings. The minimum atomic E-state index is -2.10. The quantitative estimate of drug-likeness (QED) is 0.435. The van der Waals surface area contributed by atoms with Crippen LogP contribution in [0.4, 0.5) is 0 Å². The molecule has 20 heavy (non-hydrogen) atoms. The van der Waals surface area contributed by atoms with E-state index in [0.717, 1.165) is 65.3 Å². The Kier molecular flexibility index (Phi) is 21.3. The Bertz CT molecular complexity index is 174. The Morgan fingerprint density at radius 3 is 1.30 bits per heavy atom. The molecule has 0 aromatic carbocycles. The molecule has 0 saturated carbocycles. The molecule has 6 heteroatoms. The molecule has 0 heterocycles. The standard InChI is InChI=1S/3C4H9O.C2H4O2.Ti/c3*1-2-3-4-5;1-2(3)4;/h3*2-4H2,1H3;1H3,(H,3,4);/q3*-1;;+3. The van der Waals surface area contributed by atoms with Gasteiger partial charge in [0.15, 0.2) is 0 Å². The first kappa shape index (κ1) is 22.3. The molecule has 0 saturated heterocycles. The van der Waals surface area contributed by atoms with Crippen molar-refractivity contribution in [3.63, 3.8) is 0 Å². The van der Waals surface area contributed by atoms with Crippen LogP contribution in [0.25, 0.3) is 0 Å². The van der Waals surface area contributed by atoms with Crippen LogP contribution < -0.4 is 0 Å². The number of carboxylic acids is 1. The fourth-order valence-electron chi connectivity index (χ4n) is 1.02. The van der Waals surface area contributed by atoms with Gasteiger partial charge in [0.1, 0.15) is 0 Å². The molecule has 0 aliphatic heterocycles.